The third-order valence-electron chi connectivity index (χ3n) is 4.04. The minimum atomic E-state index is -0.199. The van der Waals surface area contributed by atoms with Gasteiger partial charge < -0.3 is 4.74 Å². The summed E-state index contributed by atoms with van der Waals surface area (Å²) in [7, 11) is 0. The minimum absolute atomic E-state index is 0.0947. The van der Waals surface area contributed by atoms with Gasteiger partial charge in [0.05, 0.1) is 0 Å². The van der Waals surface area contributed by atoms with Gasteiger partial charge in [0.15, 0.2) is 0 Å². The predicted molar refractivity (Wildman–Crippen MR) is 63.8 cm³/mol. The predicted octanol–water partition coefficient (Wildman–Crippen LogP) is 3.10. The monoisotopic (exact) mass is 220 g/mol. The fourth-order valence-corrected chi connectivity index (χ4v) is 3.45. The summed E-state index contributed by atoms with van der Waals surface area (Å²) >= 11 is 0. The summed E-state index contributed by atoms with van der Waals surface area (Å²) in [4.78, 5) is 11.0. The van der Waals surface area contributed by atoms with Gasteiger partial charge in [-0.05, 0) is 38.0 Å². The zero-order valence-electron chi connectivity index (χ0n) is 10.1. The van der Waals surface area contributed by atoms with E-state index in [1.165, 1.54) is 26.2 Å². The number of hydrogen-bond acceptors (Lipinski definition) is 2. The lowest BCUT2D eigenvalue weighted by Crippen LogP contribution is -2.29. The third kappa shape index (κ3) is 1.93. The number of carbonyl (C=O) groups excluding carboxylic acids is 1. The number of rotatable bonds is 3. The molecule has 0 N–H and O–H groups in total. The molecule has 2 nitrogen and oxygen atoms in total. The Hall–Kier alpha value is -1.05. The molecule has 88 valence electrons. The lowest BCUT2D eigenvalue weighted by Gasteiger charge is -2.29. The summed E-state index contributed by atoms with van der Waals surface area (Å²) in [5, 5.41) is 0. The second-order valence-corrected chi connectivity index (χ2v) is 4.99. The quantitative estimate of drug-likeness (QED) is 0.539. The number of fused-ring (bicyclic) bond motifs is 2. The van der Waals surface area contributed by atoms with Gasteiger partial charge in [-0.1, -0.05) is 24.3 Å². The van der Waals surface area contributed by atoms with E-state index in [1.54, 1.807) is 11.6 Å². The number of hydrogen-bond donors (Lipinski definition) is 0. The summed E-state index contributed by atoms with van der Waals surface area (Å²) < 4.78 is 5.34. The van der Waals surface area contributed by atoms with Crippen LogP contribution in [0.4, 0.5) is 0 Å². The molecule has 0 spiro atoms. The summed E-state index contributed by atoms with van der Waals surface area (Å²) in [5.74, 6) is 1.69. The highest BCUT2D eigenvalue weighted by Crippen LogP contribution is 2.53. The fraction of sp³-hybridized carbons (Fsp3) is 0.643. The van der Waals surface area contributed by atoms with E-state index >= 15 is 0 Å². The standard InChI is InChI=1S/C14H20O2/c1-4-11-6-10-7-12(11)13(8-10)14(5-2)16-9(3)15/h4-5,10,12-14H,2,6-8H2,1,3H3. The maximum absolute atomic E-state index is 11.0. The van der Waals surface area contributed by atoms with E-state index in [2.05, 4.69) is 19.6 Å². The van der Waals surface area contributed by atoms with E-state index < -0.39 is 0 Å². The van der Waals surface area contributed by atoms with Crippen LogP contribution in [0, 0.1) is 17.8 Å². The van der Waals surface area contributed by atoms with Crippen LogP contribution in [0.3, 0.4) is 0 Å². The van der Waals surface area contributed by atoms with Crippen molar-refractivity contribution >= 4 is 5.97 Å². The molecule has 2 saturated carbocycles. The zero-order chi connectivity index (χ0) is 11.7. The molecule has 0 heterocycles. The van der Waals surface area contributed by atoms with Gasteiger partial charge in [0.2, 0.25) is 0 Å². The van der Waals surface area contributed by atoms with Crippen LogP contribution in [0.2, 0.25) is 0 Å². The van der Waals surface area contributed by atoms with Crippen molar-refractivity contribution in [2.75, 3.05) is 0 Å². The Kier molecular flexibility index (Phi) is 3.17. The summed E-state index contributed by atoms with van der Waals surface area (Å²) in [6.07, 6.45) is 7.65. The first-order valence-electron chi connectivity index (χ1n) is 6.10. The van der Waals surface area contributed by atoms with Crippen LogP contribution in [-0.4, -0.2) is 12.1 Å². The Labute approximate surface area is 97.4 Å². The largest absolute Gasteiger partial charge is 0.458 e. The van der Waals surface area contributed by atoms with Crippen LogP contribution in [0.1, 0.15) is 33.1 Å². The smallest absolute Gasteiger partial charge is 0.303 e. The molecule has 0 radical (unpaired) electrons. The zero-order valence-corrected chi connectivity index (χ0v) is 10.1. The molecular weight excluding hydrogens is 200 g/mol. The van der Waals surface area contributed by atoms with Crippen molar-refractivity contribution in [3.05, 3.63) is 24.3 Å². The molecule has 0 amide bonds. The molecule has 16 heavy (non-hydrogen) atoms. The van der Waals surface area contributed by atoms with E-state index in [4.69, 9.17) is 4.74 Å². The van der Waals surface area contributed by atoms with Gasteiger partial charge in [0, 0.05) is 12.8 Å². The van der Waals surface area contributed by atoms with E-state index in [0.29, 0.717) is 11.8 Å². The average Bonchev–Trinajstić information content (AvgIpc) is 2.84. The van der Waals surface area contributed by atoms with Crippen molar-refractivity contribution in [1.29, 1.82) is 0 Å². The molecule has 0 saturated heterocycles. The second-order valence-electron chi connectivity index (χ2n) is 4.99. The van der Waals surface area contributed by atoms with Crippen molar-refractivity contribution in [3.63, 3.8) is 0 Å². The molecule has 0 aromatic heterocycles. The molecule has 0 aliphatic heterocycles. The van der Waals surface area contributed by atoms with Crippen LogP contribution < -0.4 is 0 Å². The van der Waals surface area contributed by atoms with Crippen molar-refractivity contribution in [1.82, 2.24) is 0 Å². The second kappa shape index (κ2) is 4.44. The Bertz CT molecular complexity index is 330. The lowest BCUT2D eigenvalue weighted by atomic mass is 9.81. The number of carbonyl (C=O) groups is 1. The van der Waals surface area contributed by atoms with Gasteiger partial charge in [-0.2, -0.15) is 0 Å². The first-order valence-corrected chi connectivity index (χ1v) is 6.10. The number of ether oxygens (including phenoxy) is 1. The molecule has 2 heteroatoms. The van der Waals surface area contributed by atoms with Crippen LogP contribution in [0.15, 0.2) is 24.3 Å². The minimum Gasteiger partial charge on any atom is -0.458 e. The molecule has 4 unspecified atom stereocenters. The molecule has 2 aliphatic rings. The van der Waals surface area contributed by atoms with E-state index in [1.807, 2.05) is 0 Å². The molecule has 4 atom stereocenters. The van der Waals surface area contributed by atoms with Gasteiger partial charge in [-0.15, -0.1) is 0 Å². The fourth-order valence-electron chi connectivity index (χ4n) is 3.45. The van der Waals surface area contributed by atoms with Crippen molar-refractivity contribution in [2.24, 2.45) is 17.8 Å². The Morgan fingerprint density at radius 1 is 1.56 bits per heavy atom. The van der Waals surface area contributed by atoms with Crippen molar-refractivity contribution < 1.29 is 9.53 Å². The SMILES string of the molecule is C=CC(OC(C)=O)C1CC2CC(=CC)C1C2. The Morgan fingerprint density at radius 2 is 2.31 bits per heavy atom. The lowest BCUT2D eigenvalue weighted by molar-refractivity contribution is -0.146. The molecule has 2 bridgehead atoms. The van der Waals surface area contributed by atoms with Crippen LogP contribution in [0.5, 0.6) is 0 Å². The first kappa shape index (κ1) is 11.4. The summed E-state index contributed by atoms with van der Waals surface area (Å²) in [6, 6.07) is 0. The number of allylic oxidation sites excluding steroid dienone is 2. The maximum atomic E-state index is 11.0. The van der Waals surface area contributed by atoms with E-state index in [9.17, 15) is 4.79 Å². The summed E-state index contributed by atoms with van der Waals surface area (Å²) in [5.41, 5.74) is 1.56. The highest BCUT2D eigenvalue weighted by Gasteiger charge is 2.45. The Morgan fingerprint density at radius 3 is 2.81 bits per heavy atom. The normalized spacial score (nSPS) is 36.4. The van der Waals surface area contributed by atoms with Crippen molar-refractivity contribution in [3.8, 4) is 0 Å². The van der Waals surface area contributed by atoms with Crippen LogP contribution in [-0.2, 0) is 9.53 Å². The van der Waals surface area contributed by atoms with Gasteiger partial charge >= 0.3 is 5.97 Å². The van der Waals surface area contributed by atoms with Crippen LogP contribution in [0.25, 0.3) is 0 Å². The highest BCUT2D eigenvalue weighted by atomic mass is 16.5. The average molecular weight is 220 g/mol. The van der Waals surface area contributed by atoms with Gasteiger partial charge in [-0.3, -0.25) is 4.79 Å². The third-order valence-corrected chi connectivity index (χ3v) is 4.04. The molecule has 0 aromatic carbocycles. The summed E-state index contributed by atoms with van der Waals surface area (Å²) in [6.45, 7) is 7.38. The first-order chi connectivity index (χ1) is 7.65. The molecule has 0 aromatic rings. The maximum Gasteiger partial charge on any atom is 0.303 e. The molecule has 2 fully saturated rings. The van der Waals surface area contributed by atoms with Gasteiger partial charge in [0.25, 0.3) is 0 Å². The van der Waals surface area contributed by atoms with E-state index in [-0.39, 0.29) is 12.1 Å². The molecule has 2 aliphatic carbocycles. The van der Waals surface area contributed by atoms with Crippen molar-refractivity contribution in [2.45, 2.75) is 39.2 Å². The van der Waals surface area contributed by atoms with Gasteiger partial charge in [0.1, 0.15) is 6.10 Å². The molecule has 2 rings (SSSR count). The molecular formula is C14H20O2. The van der Waals surface area contributed by atoms with Gasteiger partial charge in [-0.25, -0.2) is 0 Å². The number of esters is 1. The van der Waals surface area contributed by atoms with Crippen LogP contribution >= 0.6 is 0 Å². The topological polar surface area (TPSA) is 26.3 Å². The van der Waals surface area contributed by atoms with E-state index in [0.717, 1.165) is 5.92 Å². The Balaban J connectivity index is 2.10. The highest BCUT2D eigenvalue weighted by molar-refractivity contribution is 5.66.